The smallest absolute Gasteiger partial charge is 0.324 e. The van der Waals surface area contributed by atoms with Crippen molar-refractivity contribution >= 4 is 11.9 Å². The molecule has 5 heteroatoms. The van der Waals surface area contributed by atoms with Crippen molar-refractivity contribution in [1.29, 1.82) is 0 Å². The molecule has 3 rings (SSSR count). The van der Waals surface area contributed by atoms with Gasteiger partial charge in [-0.2, -0.15) is 0 Å². The normalized spacial score (nSPS) is 32.7. The highest BCUT2D eigenvalue weighted by atomic mass is 19.1. The lowest BCUT2D eigenvalue weighted by Crippen LogP contribution is -2.28. The zero-order chi connectivity index (χ0) is 12.9. The molecule has 4 nitrogen and oxygen atoms in total. The van der Waals surface area contributed by atoms with Crippen LogP contribution in [0.3, 0.4) is 0 Å². The lowest BCUT2D eigenvalue weighted by Gasteiger charge is -2.11. The van der Waals surface area contributed by atoms with Crippen molar-refractivity contribution in [3.63, 3.8) is 0 Å². The zero-order valence-corrected chi connectivity index (χ0v) is 9.68. The Labute approximate surface area is 103 Å². The SMILES string of the molecule is COC(=O)[C@@]12C(=O)OCC1C2c1ccc(F)cc1. The number of ether oxygens (including phenoxy) is 2. The van der Waals surface area contributed by atoms with Crippen LogP contribution in [0.15, 0.2) is 24.3 Å². The largest absolute Gasteiger partial charge is 0.468 e. The first-order chi connectivity index (χ1) is 8.62. The van der Waals surface area contributed by atoms with Gasteiger partial charge in [0.15, 0.2) is 5.41 Å². The molecule has 1 aromatic rings. The van der Waals surface area contributed by atoms with Gasteiger partial charge in [-0.25, -0.2) is 4.39 Å². The average molecular weight is 250 g/mol. The van der Waals surface area contributed by atoms with Crippen LogP contribution in [0.5, 0.6) is 0 Å². The number of carbonyl (C=O) groups is 2. The highest BCUT2D eigenvalue weighted by Gasteiger charge is 2.80. The van der Waals surface area contributed by atoms with Gasteiger partial charge in [0.25, 0.3) is 0 Å². The Morgan fingerprint density at radius 1 is 1.44 bits per heavy atom. The molecule has 2 unspecified atom stereocenters. The third-order valence-corrected chi connectivity index (χ3v) is 3.85. The predicted molar refractivity (Wildman–Crippen MR) is 58.0 cm³/mol. The molecule has 1 aliphatic carbocycles. The van der Waals surface area contributed by atoms with Gasteiger partial charge in [-0.3, -0.25) is 9.59 Å². The molecule has 2 fully saturated rings. The van der Waals surface area contributed by atoms with E-state index >= 15 is 0 Å². The maximum Gasteiger partial charge on any atom is 0.324 e. The van der Waals surface area contributed by atoms with E-state index < -0.39 is 17.4 Å². The molecule has 0 radical (unpaired) electrons. The van der Waals surface area contributed by atoms with E-state index in [0.29, 0.717) is 0 Å². The number of fused-ring (bicyclic) bond motifs is 1. The number of halogens is 1. The minimum absolute atomic E-state index is 0.192. The lowest BCUT2D eigenvalue weighted by molar-refractivity contribution is -0.158. The third kappa shape index (κ3) is 1.19. The average Bonchev–Trinajstić information content (AvgIpc) is 2.94. The Balaban J connectivity index is 1.99. The van der Waals surface area contributed by atoms with Crippen LogP contribution in [0.2, 0.25) is 0 Å². The van der Waals surface area contributed by atoms with Gasteiger partial charge >= 0.3 is 11.9 Å². The van der Waals surface area contributed by atoms with E-state index in [2.05, 4.69) is 0 Å². The molecule has 1 saturated heterocycles. The van der Waals surface area contributed by atoms with Crippen LogP contribution < -0.4 is 0 Å². The van der Waals surface area contributed by atoms with Crippen molar-refractivity contribution in [2.24, 2.45) is 11.3 Å². The summed E-state index contributed by atoms with van der Waals surface area (Å²) in [4.78, 5) is 23.6. The third-order valence-electron chi connectivity index (χ3n) is 3.85. The maximum absolute atomic E-state index is 12.9. The van der Waals surface area contributed by atoms with Gasteiger partial charge in [-0.15, -0.1) is 0 Å². The Bertz CT molecular complexity index is 524. The number of methoxy groups -OCH3 is 1. The quantitative estimate of drug-likeness (QED) is 0.585. The second-order valence-corrected chi connectivity index (χ2v) is 4.59. The molecule has 2 aliphatic rings. The van der Waals surface area contributed by atoms with Crippen molar-refractivity contribution in [3.05, 3.63) is 35.6 Å². The van der Waals surface area contributed by atoms with Crippen molar-refractivity contribution in [3.8, 4) is 0 Å². The van der Waals surface area contributed by atoms with Crippen LogP contribution in [0, 0.1) is 17.2 Å². The summed E-state index contributed by atoms with van der Waals surface area (Å²) in [5.74, 6) is -1.90. The second kappa shape index (κ2) is 3.54. The summed E-state index contributed by atoms with van der Waals surface area (Å²) in [6, 6.07) is 5.83. The van der Waals surface area contributed by atoms with Gasteiger partial charge in [-0.1, -0.05) is 12.1 Å². The van der Waals surface area contributed by atoms with Crippen molar-refractivity contribution in [2.45, 2.75) is 5.92 Å². The van der Waals surface area contributed by atoms with Crippen molar-refractivity contribution in [2.75, 3.05) is 13.7 Å². The number of rotatable bonds is 2. The fraction of sp³-hybridized carbons (Fsp3) is 0.385. The summed E-state index contributed by atoms with van der Waals surface area (Å²) in [5, 5.41) is 0. The first kappa shape index (κ1) is 11.2. The summed E-state index contributed by atoms with van der Waals surface area (Å²) < 4.78 is 22.5. The summed E-state index contributed by atoms with van der Waals surface area (Å²) in [7, 11) is 1.25. The van der Waals surface area contributed by atoms with Gasteiger partial charge in [0.05, 0.1) is 13.7 Å². The first-order valence-electron chi connectivity index (χ1n) is 5.63. The van der Waals surface area contributed by atoms with E-state index in [1.807, 2.05) is 0 Å². The molecule has 1 heterocycles. The summed E-state index contributed by atoms with van der Waals surface area (Å²) in [5.41, 5.74) is -0.435. The molecule has 1 saturated carbocycles. The molecule has 18 heavy (non-hydrogen) atoms. The molecular formula is C13H11FO4. The van der Waals surface area contributed by atoms with Crippen LogP contribution in [0.1, 0.15) is 11.5 Å². The predicted octanol–water partition coefficient (Wildman–Crippen LogP) is 1.26. The Morgan fingerprint density at radius 3 is 2.72 bits per heavy atom. The van der Waals surface area contributed by atoms with E-state index in [9.17, 15) is 14.0 Å². The van der Waals surface area contributed by atoms with Crippen molar-refractivity contribution < 1.29 is 23.5 Å². The molecule has 1 aliphatic heterocycles. The van der Waals surface area contributed by atoms with Crippen LogP contribution in [0.25, 0.3) is 0 Å². The van der Waals surface area contributed by atoms with E-state index in [1.165, 1.54) is 19.2 Å². The minimum atomic E-state index is -1.20. The summed E-state index contributed by atoms with van der Waals surface area (Å²) >= 11 is 0. The van der Waals surface area contributed by atoms with Gasteiger partial charge in [-0.05, 0) is 17.7 Å². The fourth-order valence-corrected chi connectivity index (χ4v) is 2.95. The van der Waals surface area contributed by atoms with E-state index in [1.54, 1.807) is 12.1 Å². The van der Waals surface area contributed by atoms with Gasteiger partial charge < -0.3 is 9.47 Å². The van der Waals surface area contributed by atoms with Crippen molar-refractivity contribution in [1.82, 2.24) is 0 Å². The van der Waals surface area contributed by atoms with Crippen LogP contribution in [-0.2, 0) is 19.1 Å². The fourth-order valence-electron chi connectivity index (χ4n) is 2.95. The molecule has 0 N–H and O–H groups in total. The number of cyclic esters (lactones) is 1. The molecule has 0 bridgehead atoms. The highest BCUT2D eigenvalue weighted by molar-refractivity contribution is 6.07. The second-order valence-electron chi connectivity index (χ2n) is 4.59. The molecule has 0 aromatic heterocycles. The van der Waals surface area contributed by atoms with E-state index in [4.69, 9.17) is 9.47 Å². The standard InChI is InChI=1S/C13H11FO4/c1-17-11(15)13-9(6-18-12(13)16)10(13)7-2-4-8(14)5-3-7/h2-5,9-10H,6H2,1H3/t9?,10?,13-/m1/s1. The maximum atomic E-state index is 12.9. The summed E-state index contributed by atoms with van der Waals surface area (Å²) in [6.45, 7) is 0.218. The number of carbonyl (C=O) groups excluding carboxylic acids is 2. The van der Waals surface area contributed by atoms with E-state index in [-0.39, 0.29) is 24.3 Å². The molecule has 3 atom stereocenters. The minimum Gasteiger partial charge on any atom is -0.468 e. The number of hydrogen-bond donors (Lipinski definition) is 0. The highest BCUT2D eigenvalue weighted by Crippen LogP contribution is 2.69. The number of hydrogen-bond acceptors (Lipinski definition) is 4. The monoisotopic (exact) mass is 250 g/mol. The van der Waals surface area contributed by atoms with Crippen LogP contribution in [-0.4, -0.2) is 25.7 Å². The zero-order valence-electron chi connectivity index (χ0n) is 9.68. The van der Waals surface area contributed by atoms with Crippen LogP contribution in [0.4, 0.5) is 4.39 Å². The Kier molecular flexibility index (Phi) is 2.20. The van der Waals surface area contributed by atoms with Gasteiger partial charge in [0.1, 0.15) is 5.82 Å². The molecule has 1 aromatic carbocycles. The molecule has 94 valence electrons. The molecule has 0 amide bonds. The lowest BCUT2D eigenvalue weighted by atomic mass is 9.99. The van der Waals surface area contributed by atoms with E-state index in [0.717, 1.165) is 5.56 Å². The number of esters is 2. The summed E-state index contributed by atoms with van der Waals surface area (Å²) in [6.07, 6.45) is 0. The number of benzene rings is 1. The van der Waals surface area contributed by atoms with Crippen LogP contribution >= 0.6 is 0 Å². The molecule has 0 spiro atoms. The topological polar surface area (TPSA) is 52.6 Å². The molecular weight excluding hydrogens is 239 g/mol. The Morgan fingerprint density at radius 2 is 2.11 bits per heavy atom. The van der Waals surface area contributed by atoms with Gasteiger partial charge in [0, 0.05) is 11.8 Å². The first-order valence-corrected chi connectivity index (χ1v) is 5.63. The van der Waals surface area contributed by atoms with Gasteiger partial charge in [0.2, 0.25) is 0 Å². The Hall–Kier alpha value is -1.91.